The summed E-state index contributed by atoms with van der Waals surface area (Å²) in [5, 5.41) is 0. The second kappa shape index (κ2) is 3.83. The zero-order chi connectivity index (χ0) is 9.97. The molecular formula is C14H16. The topological polar surface area (TPSA) is 0 Å². The zero-order valence-electron chi connectivity index (χ0n) is 8.88. The van der Waals surface area contributed by atoms with Gasteiger partial charge in [-0.25, -0.2) is 0 Å². The maximum absolute atomic E-state index is 2.27. The summed E-state index contributed by atoms with van der Waals surface area (Å²) in [5.74, 6) is 0. The van der Waals surface area contributed by atoms with Crippen LogP contribution in [0.15, 0.2) is 42.0 Å². The molecule has 0 saturated carbocycles. The van der Waals surface area contributed by atoms with E-state index in [1.54, 1.807) is 0 Å². The van der Waals surface area contributed by atoms with Gasteiger partial charge in [-0.05, 0) is 43.4 Å². The van der Waals surface area contributed by atoms with Crippen molar-refractivity contribution in [3.8, 4) is 0 Å². The highest BCUT2D eigenvalue weighted by Crippen LogP contribution is 2.28. The third kappa shape index (κ3) is 1.79. The molecule has 1 aromatic rings. The molecule has 0 radical (unpaired) electrons. The summed E-state index contributed by atoms with van der Waals surface area (Å²) in [5.41, 5.74) is 5.76. The highest BCUT2D eigenvalue weighted by molar-refractivity contribution is 5.70. The Morgan fingerprint density at radius 1 is 0.929 bits per heavy atom. The van der Waals surface area contributed by atoms with E-state index in [1.807, 2.05) is 0 Å². The van der Waals surface area contributed by atoms with Crippen molar-refractivity contribution in [3.63, 3.8) is 0 Å². The molecule has 0 spiro atoms. The zero-order valence-corrected chi connectivity index (χ0v) is 8.88. The van der Waals surface area contributed by atoms with E-state index in [2.05, 4.69) is 50.3 Å². The molecule has 0 atom stereocenters. The van der Waals surface area contributed by atoms with Gasteiger partial charge >= 0.3 is 0 Å². The van der Waals surface area contributed by atoms with Gasteiger partial charge in [0.1, 0.15) is 0 Å². The fraction of sp³-hybridized carbons (Fsp3) is 0.286. The fourth-order valence-electron chi connectivity index (χ4n) is 1.90. The molecule has 14 heavy (non-hydrogen) atoms. The van der Waals surface area contributed by atoms with Gasteiger partial charge in [0.25, 0.3) is 0 Å². The van der Waals surface area contributed by atoms with Crippen LogP contribution in [0.5, 0.6) is 0 Å². The van der Waals surface area contributed by atoms with Crippen LogP contribution >= 0.6 is 0 Å². The summed E-state index contributed by atoms with van der Waals surface area (Å²) >= 11 is 0. The average Bonchev–Trinajstić information content (AvgIpc) is 2.20. The van der Waals surface area contributed by atoms with Gasteiger partial charge in [-0.3, -0.25) is 0 Å². The third-order valence-corrected chi connectivity index (χ3v) is 2.85. The van der Waals surface area contributed by atoms with Gasteiger partial charge in [-0.15, -0.1) is 0 Å². The van der Waals surface area contributed by atoms with Crippen molar-refractivity contribution in [2.24, 2.45) is 0 Å². The second-order valence-corrected chi connectivity index (χ2v) is 4.02. The van der Waals surface area contributed by atoms with Crippen LogP contribution in [-0.2, 0) is 0 Å². The summed E-state index contributed by atoms with van der Waals surface area (Å²) < 4.78 is 0. The molecule has 0 unspecified atom stereocenters. The Balaban J connectivity index is 2.37. The lowest BCUT2D eigenvalue weighted by molar-refractivity contribution is 0.975. The van der Waals surface area contributed by atoms with Gasteiger partial charge in [-0.2, -0.15) is 0 Å². The van der Waals surface area contributed by atoms with Crippen LogP contribution < -0.4 is 0 Å². The Bertz CT molecular complexity index is 394. The van der Waals surface area contributed by atoms with E-state index in [9.17, 15) is 0 Å². The molecule has 0 saturated heterocycles. The van der Waals surface area contributed by atoms with E-state index in [0.717, 1.165) is 0 Å². The fourth-order valence-corrected chi connectivity index (χ4v) is 1.90. The van der Waals surface area contributed by atoms with Gasteiger partial charge in [0.2, 0.25) is 0 Å². The van der Waals surface area contributed by atoms with E-state index < -0.39 is 0 Å². The lowest BCUT2D eigenvalue weighted by atomic mass is 9.91. The van der Waals surface area contributed by atoms with Gasteiger partial charge in [0.15, 0.2) is 0 Å². The largest absolute Gasteiger partial charge is 0.0730 e. The molecule has 0 heterocycles. The molecule has 1 aliphatic rings. The Hall–Kier alpha value is -1.30. The molecular weight excluding hydrogens is 168 g/mol. The van der Waals surface area contributed by atoms with E-state index in [1.165, 1.54) is 35.1 Å². The Morgan fingerprint density at radius 3 is 2.36 bits per heavy atom. The first-order valence-corrected chi connectivity index (χ1v) is 5.20. The van der Waals surface area contributed by atoms with Gasteiger partial charge in [0, 0.05) is 0 Å². The molecule has 0 fully saturated rings. The Labute approximate surface area is 86.0 Å². The second-order valence-electron chi connectivity index (χ2n) is 4.02. The van der Waals surface area contributed by atoms with Crippen LogP contribution in [0.1, 0.15) is 30.9 Å². The lowest BCUT2D eigenvalue weighted by Gasteiger charge is -2.14. The standard InChI is InChI=1S/C14H16/c1-11-7-9-13(10-8-11)14-6-4-3-5-12(14)2/h3-7,9H,8,10H2,1-2H3. The van der Waals surface area contributed by atoms with Crippen molar-refractivity contribution in [1.29, 1.82) is 0 Å². The van der Waals surface area contributed by atoms with Gasteiger partial charge in [0.05, 0.1) is 0 Å². The molecule has 0 N–H and O–H groups in total. The molecule has 0 nitrogen and oxygen atoms in total. The number of aryl methyl sites for hydroxylation is 1. The minimum absolute atomic E-state index is 1.19. The number of hydrogen-bond donors (Lipinski definition) is 0. The normalized spacial score (nSPS) is 16.1. The van der Waals surface area contributed by atoms with Crippen LogP contribution in [-0.4, -0.2) is 0 Å². The molecule has 0 aliphatic heterocycles. The number of benzene rings is 1. The first kappa shape index (κ1) is 9.26. The van der Waals surface area contributed by atoms with Crippen LogP contribution in [0.25, 0.3) is 5.57 Å². The van der Waals surface area contributed by atoms with Crippen LogP contribution in [0.4, 0.5) is 0 Å². The minimum Gasteiger partial charge on any atom is -0.0730 e. The van der Waals surface area contributed by atoms with Crippen LogP contribution in [0, 0.1) is 6.92 Å². The van der Waals surface area contributed by atoms with Gasteiger partial charge < -0.3 is 0 Å². The smallest absolute Gasteiger partial charge is 0.0195 e. The first-order chi connectivity index (χ1) is 6.77. The van der Waals surface area contributed by atoms with Crippen LogP contribution in [0.2, 0.25) is 0 Å². The maximum Gasteiger partial charge on any atom is -0.0195 e. The van der Waals surface area contributed by atoms with Crippen LogP contribution in [0.3, 0.4) is 0 Å². The molecule has 72 valence electrons. The lowest BCUT2D eigenvalue weighted by Crippen LogP contribution is -1.93. The van der Waals surface area contributed by atoms with Crippen molar-refractivity contribution in [2.45, 2.75) is 26.7 Å². The Kier molecular flexibility index (Phi) is 2.53. The van der Waals surface area contributed by atoms with Crippen molar-refractivity contribution < 1.29 is 0 Å². The van der Waals surface area contributed by atoms with E-state index >= 15 is 0 Å². The monoisotopic (exact) mass is 184 g/mol. The average molecular weight is 184 g/mol. The SMILES string of the molecule is CC1=CC=C(c2ccccc2C)CC1. The van der Waals surface area contributed by atoms with E-state index in [4.69, 9.17) is 0 Å². The number of allylic oxidation sites excluding steroid dienone is 4. The van der Waals surface area contributed by atoms with E-state index in [0.29, 0.717) is 0 Å². The predicted octanol–water partition coefficient (Wildman–Crippen LogP) is 4.12. The van der Waals surface area contributed by atoms with Crippen molar-refractivity contribution >= 4 is 5.57 Å². The molecule has 1 aromatic carbocycles. The molecule has 2 rings (SSSR count). The van der Waals surface area contributed by atoms with Crippen molar-refractivity contribution in [2.75, 3.05) is 0 Å². The molecule has 0 heteroatoms. The third-order valence-electron chi connectivity index (χ3n) is 2.85. The molecule has 0 amide bonds. The molecule has 0 bridgehead atoms. The van der Waals surface area contributed by atoms with Crippen molar-refractivity contribution in [3.05, 3.63) is 53.1 Å². The maximum atomic E-state index is 2.27. The highest BCUT2D eigenvalue weighted by atomic mass is 14.1. The molecule has 0 aromatic heterocycles. The highest BCUT2D eigenvalue weighted by Gasteiger charge is 2.07. The predicted molar refractivity (Wildman–Crippen MR) is 62.1 cm³/mol. The summed E-state index contributed by atoms with van der Waals surface area (Å²) in [6, 6.07) is 8.62. The molecule has 1 aliphatic carbocycles. The van der Waals surface area contributed by atoms with Gasteiger partial charge in [-0.1, -0.05) is 42.0 Å². The number of rotatable bonds is 1. The van der Waals surface area contributed by atoms with E-state index in [-0.39, 0.29) is 0 Å². The minimum atomic E-state index is 1.19. The summed E-state index contributed by atoms with van der Waals surface area (Å²) in [7, 11) is 0. The van der Waals surface area contributed by atoms with Crippen molar-refractivity contribution in [1.82, 2.24) is 0 Å². The Morgan fingerprint density at radius 2 is 1.71 bits per heavy atom. The quantitative estimate of drug-likeness (QED) is 0.616. The first-order valence-electron chi connectivity index (χ1n) is 5.20. The summed E-state index contributed by atoms with van der Waals surface area (Å²) in [4.78, 5) is 0. The summed E-state index contributed by atoms with van der Waals surface area (Å²) in [6.07, 6.45) is 6.90. The summed E-state index contributed by atoms with van der Waals surface area (Å²) in [6.45, 7) is 4.38. The number of hydrogen-bond acceptors (Lipinski definition) is 0.